The molecule has 0 unspecified atom stereocenters. The van der Waals surface area contributed by atoms with E-state index in [2.05, 4.69) is 15.2 Å². The van der Waals surface area contributed by atoms with E-state index in [1.807, 2.05) is 11.4 Å². The molecule has 5 nitrogen and oxygen atoms in total. The number of ketones is 1. The van der Waals surface area contributed by atoms with E-state index in [4.69, 9.17) is 11.6 Å². The van der Waals surface area contributed by atoms with Crippen molar-refractivity contribution in [2.24, 2.45) is 0 Å². The predicted octanol–water partition coefficient (Wildman–Crippen LogP) is 4.35. The molecule has 138 valence electrons. The summed E-state index contributed by atoms with van der Waals surface area (Å²) in [6.07, 6.45) is 0.772. The molecule has 1 aromatic carbocycles. The molecule has 0 atom stereocenters. The lowest BCUT2D eigenvalue weighted by atomic mass is 10.1. The van der Waals surface area contributed by atoms with Gasteiger partial charge in [-0.05, 0) is 35.7 Å². The first kappa shape index (κ1) is 18.3. The summed E-state index contributed by atoms with van der Waals surface area (Å²) < 4.78 is 0. The van der Waals surface area contributed by atoms with Gasteiger partial charge >= 0.3 is 0 Å². The molecule has 3 aromatic rings. The summed E-state index contributed by atoms with van der Waals surface area (Å²) in [5.41, 5.74) is 1.68. The van der Waals surface area contributed by atoms with Crippen LogP contribution in [-0.4, -0.2) is 34.7 Å². The molecule has 27 heavy (non-hydrogen) atoms. The average Bonchev–Trinajstić information content (AvgIpc) is 3.31. The van der Waals surface area contributed by atoms with Gasteiger partial charge in [-0.1, -0.05) is 17.7 Å². The monoisotopic (exact) mass is 417 g/mol. The molecule has 1 aliphatic heterocycles. The summed E-state index contributed by atoms with van der Waals surface area (Å²) in [5, 5.41) is 5.98. The molecule has 3 heterocycles. The molecular formula is C19H16ClN3O2S2. The Morgan fingerprint density at radius 2 is 2.04 bits per heavy atom. The van der Waals surface area contributed by atoms with E-state index >= 15 is 0 Å². The van der Waals surface area contributed by atoms with E-state index in [1.54, 1.807) is 30.3 Å². The number of aromatic nitrogens is 1. The average molecular weight is 418 g/mol. The van der Waals surface area contributed by atoms with Crippen LogP contribution in [0.15, 0.2) is 41.8 Å². The highest BCUT2D eigenvalue weighted by atomic mass is 35.5. The van der Waals surface area contributed by atoms with Crippen LogP contribution in [-0.2, 0) is 13.0 Å². The molecule has 1 N–H and O–H groups in total. The zero-order valence-electron chi connectivity index (χ0n) is 14.3. The Hall–Kier alpha value is -2.06. The topological polar surface area (TPSA) is 62.3 Å². The molecular weight excluding hydrogens is 402 g/mol. The fourth-order valence-corrected chi connectivity index (χ4v) is 4.72. The first-order valence-corrected chi connectivity index (χ1v) is 10.5. The van der Waals surface area contributed by atoms with Crippen molar-refractivity contribution in [2.75, 3.05) is 18.4 Å². The summed E-state index contributed by atoms with van der Waals surface area (Å²) in [5.74, 6) is -0.0586. The van der Waals surface area contributed by atoms with Gasteiger partial charge in [0, 0.05) is 35.0 Å². The van der Waals surface area contributed by atoms with Gasteiger partial charge in [0.25, 0.3) is 5.91 Å². The van der Waals surface area contributed by atoms with Crippen molar-refractivity contribution in [3.05, 3.63) is 67.8 Å². The number of hydrogen-bond donors (Lipinski definition) is 1. The van der Waals surface area contributed by atoms with Crippen molar-refractivity contribution in [1.82, 2.24) is 9.88 Å². The van der Waals surface area contributed by atoms with Gasteiger partial charge in [-0.3, -0.25) is 19.8 Å². The summed E-state index contributed by atoms with van der Waals surface area (Å²) >= 11 is 8.76. The summed E-state index contributed by atoms with van der Waals surface area (Å²) in [6.45, 7) is 1.80. The molecule has 4 rings (SSSR count). The number of nitrogens with one attached hydrogen (secondary N) is 1. The number of thiazole rings is 1. The fourth-order valence-electron chi connectivity index (χ4n) is 2.93. The first-order valence-electron chi connectivity index (χ1n) is 8.43. The Morgan fingerprint density at radius 3 is 2.78 bits per heavy atom. The minimum atomic E-state index is -0.133. The Balaban J connectivity index is 1.39. The summed E-state index contributed by atoms with van der Waals surface area (Å²) in [7, 11) is 0. The quantitative estimate of drug-likeness (QED) is 0.627. The maximum Gasteiger partial charge on any atom is 0.267 e. The number of hydrogen-bond acceptors (Lipinski definition) is 6. The van der Waals surface area contributed by atoms with Gasteiger partial charge in [0.2, 0.25) is 0 Å². The number of anilines is 1. The molecule has 2 aromatic heterocycles. The van der Waals surface area contributed by atoms with Gasteiger partial charge in [0.05, 0.1) is 17.1 Å². The maximum absolute atomic E-state index is 12.5. The Kier molecular flexibility index (Phi) is 5.36. The lowest BCUT2D eigenvalue weighted by molar-refractivity contribution is 0.0921. The van der Waals surface area contributed by atoms with Crippen molar-refractivity contribution >= 4 is 51.1 Å². The van der Waals surface area contributed by atoms with Crippen LogP contribution in [0, 0.1) is 0 Å². The standard InChI is InChI=1S/C19H16ClN3O2S2/c20-13-5-3-12(4-6-13)15(24)10-23-8-7-14-17(11-23)27-19(21-14)22-18(25)16-2-1-9-26-16/h1-6,9H,7-8,10-11H2,(H,21,22,25). The number of carbonyl (C=O) groups excluding carboxylic acids is 2. The highest BCUT2D eigenvalue weighted by Crippen LogP contribution is 2.29. The molecule has 1 aliphatic rings. The molecule has 0 saturated heterocycles. The second kappa shape index (κ2) is 7.90. The molecule has 0 spiro atoms. The molecule has 0 fully saturated rings. The zero-order valence-corrected chi connectivity index (χ0v) is 16.7. The van der Waals surface area contributed by atoms with Gasteiger partial charge < -0.3 is 0 Å². The van der Waals surface area contributed by atoms with Crippen LogP contribution in [0.3, 0.4) is 0 Å². The second-order valence-electron chi connectivity index (χ2n) is 6.21. The Labute approximate surface area is 169 Å². The number of nitrogens with zero attached hydrogens (tertiary/aromatic N) is 2. The van der Waals surface area contributed by atoms with Crippen LogP contribution < -0.4 is 5.32 Å². The third-order valence-corrected chi connectivity index (χ3v) is 6.43. The fraction of sp³-hybridized carbons (Fsp3) is 0.211. The van der Waals surface area contributed by atoms with Crippen LogP contribution in [0.2, 0.25) is 5.02 Å². The van der Waals surface area contributed by atoms with Crippen LogP contribution in [0.1, 0.15) is 30.6 Å². The van der Waals surface area contributed by atoms with Crippen molar-refractivity contribution in [3.8, 4) is 0 Å². The summed E-state index contributed by atoms with van der Waals surface area (Å²) in [4.78, 5) is 33.1. The lowest BCUT2D eigenvalue weighted by Crippen LogP contribution is -2.34. The van der Waals surface area contributed by atoms with E-state index < -0.39 is 0 Å². The van der Waals surface area contributed by atoms with Crippen molar-refractivity contribution in [3.63, 3.8) is 0 Å². The molecule has 8 heteroatoms. The molecule has 0 radical (unpaired) electrons. The number of fused-ring (bicyclic) bond motifs is 1. The van der Waals surface area contributed by atoms with Crippen molar-refractivity contribution in [2.45, 2.75) is 13.0 Å². The number of amides is 1. The predicted molar refractivity (Wildman–Crippen MR) is 109 cm³/mol. The van der Waals surface area contributed by atoms with Gasteiger partial charge in [0.15, 0.2) is 10.9 Å². The molecule has 0 bridgehead atoms. The van der Waals surface area contributed by atoms with E-state index in [1.165, 1.54) is 22.7 Å². The minimum absolute atomic E-state index is 0.0749. The van der Waals surface area contributed by atoms with Gasteiger partial charge in [-0.2, -0.15) is 0 Å². The van der Waals surface area contributed by atoms with E-state index in [0.29, 0.717) is 33.7 Å². The highest BCUT2D eigenvalue weighted by molar-refractivity contribution is 7.16. The lowest BCUT2D eigenvalue weighted by Gasteiger charge is -2.25. The number of halogens is 1. The third kappa shape index (κ3) is 4.27. The third-order valence-electron chi connectivity index (χ3n) is 4.31. The van der Waals surface area contributed by atoms with Crippen LogP contribution in [0.5, 0.6) is 0 Å². The van der Waals surface area contributed by atoms with Crippen LogP contribution in [0.4, 0.5) is 5.13 Å². The van der Waals surface area contributed by atoms with Gasteiger partial charge in [-0.25, -0.2) is 4.98 Å². The normalized spacial score (nSPS) is 14.0. The van der Waals surface area contributed by atoms with Gasteiger partial charge in [-0.15, -0.1) is 22.7 Å². The van der Waals surface area contributed by atoms with Crippen molar-refractivity contribution in [1.29, 1.82) is 0 Å². The van der Waals surface area contributed by atoms with Crippen LogP contribution >= 0.6 is 34.3 Å². The SMILES string of the molecule is O=C(CN1CCc2nc(NC(=O)c3cccs3)sc2C1)c1ccc(Cl)cc1. The van der Waals surface area contributed by atoms with E-state index in [-0.39, 0.29) is 11.7 Å². The first-order chi connectivity index (χ1) is 13.1. The maximum atomic E-state index is 12.5. The Morgan fingerprint density at radius 1 is 1.22 bits per heavy atom. The second-order valence-corrected chi connectivity index (χ2v) is 8.68. The number of rotatable bonds is 5. The highest BCUT2D eigenvalue weighted by Gasteiger charge is 2.23. The number of thiophene rings is 1. The van der Waals surface area contributed by atoms with Gasteiger partial charge in [0.1, 0.15) is 0 Å². The number of Topliss-reactive ketones (excluding diaryl/α,β-unsaturated/α-hetero) is 1. The molecule has 0 saturated carbocycles. The Bertz CT molecular complexity index is 968. The minimum Gasteiger partial charge on any atom is -0.297 e. The number of benzene rings is 1. The van der Waals surface area contributed by atoms with Crippen LogP contribution in [0.25, 0.3) is 0 Å². The smallest absolute Gasteiger partial charge is 0.267 e. The van der Waals surface area contributed by atoms with E-state index in [9.17, 15) is 9.59 Å². The van der Waals surface area contributed by atoms with Crippen molar-refractivity contribution < 1.29 is 9.59 Å². The summed E-state index contributed by atoms with van der Waals surface area (Å²) in [6, 6.07) is 10.6. The molecule has 0 aliphatic carbocycles. The number of carbonyl (C=O) groups is 2. The largest absolute Gasteiger partial charge is 0.297 e. The van der Waals surface area contributed by atoms with E-state index in [0.717, 1.165) is 23.5 Å². The zero-order chi connectivity index (χ0) is 18.8. The molecule has 1 amide bonds.